The Morgan fingerprint density at radius 2 is 1.97 bits per heavy atom. The number of nitrogens with zero attached hydrogens (tertiary/aromatic N) is 3. The summed E-state index contributed by atoms with van der Waals surface area (Å²) in [7, 11) is 0. The van der Waals surface area contributed by atoms with E-state index in [1.54, 1.807) is 6.20 Å². The predicted molar refractivity (Wildman–Crippen MR) is 104 cm³/mol. The fourth-order valence-electron chi connectivity index (χ4n) is 3.98. The lowest BCUT2D eigenvalue weighted by Gasteiger charge is -2.28. The van der Waals surface area contributed by atoms with Crippen molar-refractivity contribution in [3.63, 3.8) is 0 Å². The number of hydrogen-bond acceptors (Lipinski definition) is 4. The molecule has 1 saturated heterocycles. The summed E-state index contributed by atoms with van der Waals surface area (Å²) in [6, 6.07) is 4.72. The smallest absolute Gasteiger partial charge is 0.341 e. The highest BCUT2D eigenvalue weighted by atomic mass is 19.4. The third-order valence-electron chi connectivity index (χ3n) is 5.60. The molecule has 0 radical (unpaired) electrons. The Kier molecular flexibility index (Phi) is 5.43. The van der Waals surface area contributed by atoms with Crippen LogP contribution in [0.15, 0.2) is 30.5 Å². The first-order valence-electron chi connectivity index (χ1n) is 9.98. The molecule has 5 nitrogen and oxygen atoms in total. The molecule has 0 saturated carbocycles. The standard InChI is InChI=1S/C21H23F3N4O/c22-21(23,24)16-5-4-6-17(12-16)26-19(29)14-7-8-18-15(11-14)13-25-20(27-18)28-9-2-1-3-10-28/h4-6,12-14H,1-3,7-11H2,(H,26,29). The quantitative estimate of drug-likeness (QED) is 0.832. The highest BCUT2D eigenvalue weighted by molar-refractivity contribution is 5.93. The Morgan fingerprint density at radius 3 is 2.72 bits per heavy atom. The average Bonchev–Trinajstić information content (AvgIpc) is 2.73. The van der Waals surface area contributed by atoms with Gasteiger partial charge in [-0.3, -0.25) is 4.79 Å². The van der Waals surface area contributed by atoms with Crippen LogP contribution in [0.5, 0.6) is 0 Å². The molecule has 0 spiro atoms. The van der Waals surface area contributed by atoms with Gasteiger partial charge in [0.15, 0.2) is 0 Å². The van der Waals surface area contributed by atoms with Crippen molar-refractivity contribution in [3.05, 3.63) is 47.3 Å². The van der Waals surface area contributed by atoms with Gasteiger partial charge >= 0.3 is 6.18 Å². The zero-order valence-corrected chi connectivity index (χ0v) is 16.0. The van der Waals surface area contributed by atoms with Gasteiger partial charge in [0.05, 0.1) is 5.56 Å². The number of benzene rings is 1. The van der Waals surface area contributed by atoms with E-state index >= 15 is 0 Å². The highest BCUT2D eigenvalue weighted by Crippen LogP contribution is 2.31. The van der Waals surface area contributed by atoms with Crippen LogP contribution in [0.3, 0.4) is 0 Å². The van der Waals surface area contributed by atoms with Crippen molar-refractivity contribution >= 4 is 17.5 Å². The summed E-state index contributed by atoms with van der Waals surface area (Å²) in [5.41, 5.74) is 1.31. The number of amides is 1. The van der Waals surface area contributed by atoms with Crippen LogP contribution < -0.4 is 10.2 Å². The first kappa shape index (κ1) is 19.7. The molecule has 1 atom stereocenters. The predicted octanol–water partition coefficient (Wildman–Crippen LogP) is 4.23. The van der Waals surface area contributed by atoms with Gasteiger partial charge in [-0.05, 0) is 62.3 Å². The third kappa shape index (κ3) is 4.52. The number of nitrogens with one attached hydrogen (secondary N) is 1. The first-order valence-corrected chi connectivity index (χ1v) is 9.98. The third-order valence-corrected chi connectivity index (χ3v) is 5.60. The molecule has 1 aliphatic heterocycles. The van der Waals surface area contributed by atoms with E-state index in [0.29, 0.717) is 19.3 Å². The molecule has 8 heteroatoms. The van der Waals surface area contributed by atoms with Crippen LogP contribution in [0.2, 0.25) is 0 Å². The van der Waals surface area contributed by atoms with Crippen LogP contribution in [-0.4, -0.2) is 29.0 Å². The number of halogens is 3. The Balaban J connectivity index is 1.42. The number of aromatic nitrogens is 2. The lowest BCUT2D eigenvalue weighted by molar-refractivity contribution is -0.137. The molecule has 4 rings (SSSR count). The minimum atomic E-state index is -4.44. The van der Waals surface area contributed by atoms with Crippen molar-refractivity contribution < 1.29 is 18.0 Å². The van der Waals surface area contributed by atoms with Gasteiger partial charge in [-0.1, -0.05) is 6.07 Å². The Bertz CT molecular complexity index is 894. The van der Waals surface area contributed by atoms with Gasteiger partial charge < -0.3 is 10.2 Å². The van der Waals surface area contributed by atoms with Crippen molar-refractivity contribution in [1.29, 1.82) is 0 Å². The Hall–Kier alpha value is -2.64. The Labute approximate surface area is 167 Å². The second-order valence-electron chi connectivity index (χ2n) is 7.70. The zero-order chi connectivity index (χ0) is 20.4. The summed E-state index contributed by atoms with van der Waals surface area (Å²) in [6.07, 6.45) is 2.69. The van der Waals surface area contributed by atoms with Crippen LogP contribution in [0, 0.1) is 5.92 Å². The lowest BCUT2D eigenvalue weighted by atomic mass is 9.86. The second-order valence-corrected chi connectivity index (χ2v) is 7.70. The zero-order valence-electron chi connectivity index (χ0n) is 16.0. The average molecular weight is 404 g/mol. The molecule has 2 aliphatic rings. The molecule has 1 aromatic heterocycles. The molecule has 1 aliphatic carbocycles. The Morgan fingerprint density at radius 1 is 1.17 bits per heavy atom. The summed E-state index contributed by atoms with van der Waals surface area (Å²) >= 11 is 0. The number of rotatable bonds is 3. The number of carbonyl (C=O) groups is 1. The van der Waals surface area contributed by atoms with Crippen LogP contribution >= 0.6 is 0 Å². The van der Waals surface area contributed by atoms with Crippen molar-refractivity contribution in [2.75, 3.05) is 23.3 Å². The number of anilines is 2. The van der Waals surface area contributed by atoms with Gasteiger partial charge in [0.2, 0.25) is 11.9 Å². The van der Waals surface area contributed by atoms with Gasteiger partial charge in [0.1, 0.15) is 0 Å². The summed E-state index contributed by atoms with van der Waals surface area (Å²) in [6.45, 7) is 1.95. The number of alkyl halides is 3. The topological polar surface area (TPSA) is 58.1 Å². The minimum absolute atomic E-state index is 0.160. The van der Waals surface area contributed by atoms with E-state index in [2.05, 4.69) is 15.2 Å². The second kappa shape index (κ2) is 8.00. The van der Waals surface area contributed by atoms with Crippen molar-refractivity contribution in [1.82, 2.24) is 9.97 Å². The van der Waals surface area contributed by atoms with Crippen molar-refractivity contribution in [2.24, 2.45) is 5.92 Å². The molecule has 154 valence electrons. The van der Waals surface area contributed by atoms with Gasteiger partial charge in [-0.2, -0.15) is 13.2 Å². The maximum atomic E-state index is 12.9. The van der Waals surface area contributed by atoms with Gasteiger partial charge in [-0.25, -0.2) is 9.97 Å². The SMILES string of the molecule is O=C(Nc1cccc(C(F)(F)F)c1)C1CCc2nc(N3CCCCC3)ncc2C1. The molecular formula is C21H23F3N4O. The molecule has 1 amide bonds. The number of carbonyl (C=O) groups excluding carboxylic acids is 1. The van der Waals surface area contributed by atoms with E-state index in [0.717, 1.165) is 55.3 Å². The molecule has 1 fully saturated rings. The molecule has 1 N–H and O–H groups in total. The number of hydrogen-bond donors (Lipinski definition) is 1. The van der Waals surface area contributed by atoms with Crippen LogP contribution in [0.25, 0.3) is 0 Å². The van der Waals surface area contributed by atoms with E-state index in [-0.39, 0.29) is 17.5 Å². The molecule has 2 heterocycles. The molecule has 29 heavy (non-hydrogen) atoms. The number of fused-ring (bicyclic) bond motifs is 1. The van der Waals surface area contributed by atoms with Crippen molar-refractivity contribution in [2.45, 2.75) is 44.7 Å². The van der Waals surface area contributed by atoms with Gasteiger partial charge in [-0.15, -0.1) is 0 Å². The van der Waals surface area contributed by atoms with Crippen LogP contribution in [-0.2, 0) is 23.8 Å². The van der Waals surface area contributed by atoms with E-state index in [4.69, 9.17) is 4.98 Å². The van der Waals surface area contributed by atoms with E-state index in [1.807, 2.05) is 0 Å². The maximum Gasteiger partial charge on any atom is 0.416 e. The van der Waals surface area contributed by atoms with E-state index in [9.17, 15) is 18.0 Å². The minimum Gasteiger partial charge on any atom is -0.341 e. The fraction of sp³-hybridized carbons (Fsp3) is 0.476. The van der Waals surface area contributed by atoms with Gasteiger partial charge in [0.25, 0.3) is 0 Å². The summed E-state index contributed by atoms with van der Waals surface area (Å²) in [5.74, 6) is 0.187. The monoisotopic (exact) mass is 404 g/mol. The summed E-state index contributed by atoms with van der Waals surface area (Å²) in [4.78, 5) is 24.0. The number of piperidine rings is 1. The normalized spacial score (nSPS) is 19.6. The molecular weight excluding hydrogens is 381 g/mol. The largest absolute Gasteiger partial charge is 0.416 e. The maximum absolute atomic E-state index is 12.9. The van der Waals surface area contributed by atoms with Crippen LogP contribution in [0.1, 0.15) is 42.5 Å². The molecule has 0 bridgehead atoms. The van der Waals surface area contributed by atoms with Crippen LogP contribution in [0.4, 0.5) is 24.8 Å². The van der Waals surface area contributed by atoms with E-state index in [1.165, 1.54) is 18.6 Å². The molecule has 1 aromatic carbocycles. The lowest BCUT2D eigenvalue weighted by Crippen LogP contribution is -2.32. The first-order chi connectivity index (χ1) is 13.9. The fourth-order valence-corrected chi connectivity index (χ4v) is 3.98. The summed E-state index contributed by atoms with van der Waals surface area (Å²) < 4.78 is 38.6. The van der Waals surface area contributed by atoms with Gasteiger partial charge in [0, 0.05) is 36.6 Å². The molecule has 2 aromatic rings. The van der Waals surface area contributed by atoms with E-state index < -0.39 is 11.7 Å². The number of aryl methyl sites for hydroxylation is 1. The highest BCUT2D eigenvalue weighted by Gasteiger charge is 2.31. The molecule has 1 unspecified atom stereocenters. The van der Waals surface area contributed by atoms with Crippen molar-refractivity contribution in [3.8, 4) is 0 Å². The summed E-state index contributed by atoms with van der Waals surface area (Å²) in [5, 5.41) is 2.63.